The van der Waals surface area contributed by atoms with Gasteiger partial charge in [0.2, 0.25) is 0 Å². The SMILES string of the molecule is CS(=O)(=O)OCc1ncn(-c2ccc(OC(F)(F)F)cc2)n1. The van der Waals surface area contributed by atoms with E-state index in [-0.39, 0.29) is 18.2 Å². The van der Waals surface area contributed by atoms with Crippen molar-refractivity contribution >= 4 is 10.1 Å². The third kappa shape index (κ3) is 5.00. The van der Waals surface area contributed by atoms with E-state index in [1.165, 1.54) is 23.1 Å². The van der Waals surface area contributed by atoms with Gasteiger partial charge in [0.1, 0.15) is 18.7 Å². The molecular formula is C11H10F3N3O4S. The van der Waals surface area contributed by atoms with E-state index in [0.29, 0.717) is 5.69 Å². The normalized spacial score (nSPS) is 12.4. The van der Waals surface area contributed by atoms with Crippen LogP contribution < -0.4 is 4.74 Å². The fourth-order valence-corrected chi connectivity index (χ4v) is 1.77. The van der Waals surface area contributed by atoms with Gasteiger partial charge in [0, 0.05) is 0 Å². The van der Waals surface area contributed by atoms with Crippen molar-refractivity contribution in [1.29, 1.82) is 0 Å². The van der Waals surface area contributed by atoms with Gasteiger partial charge in [-0.15, -0.1) is 18.3 Å². The van der Waals surface area contributed by atoms with Crippen LogP contribution in [0, 0.1) is 0 Å². The van der Waals surface area contributed by atoms with E-state index < -0.39 is 16.5 Å². The number of benzene rings is 1. The Morgan fingerprint density at radius 2 is 1.86 bits per heavy atom. The second kappa shape index (κ2) is 5.93. The van der Waals surface area contributed by atoms with E-state index in [2.05, 4.69) is 19.0 Å². The second-order valence-electron chi connectivity index (χ2n) is 4.11. The first-order chi connectivity index (χ1) is 10.1. The first-order valence-electron chi connectivity index (χ1n) is 5.73. The summed E-state index contributed by atoms with van der Waals surface area (Å²) in [6, 6.07) is 4.93. The molecule has 0 saturated carbocycles. The Hall–Kier alpha value is -2.14. The lowest BCUT2D eigenvalue weighted by molar-refractivity contribution is -0.274. The minimum absolute atomic E-state index is 0.112. The number of rotatable bonds is 5. The zero-order chi connectivity index (χ0) is 16.4. The van der Waals surface area contributed by atoms with Crippen molar-refractivity contribution in [3.63, 3.8) is 0 Å². The number of aromatic nitrogens is 3. The fourth-order valence-electron chi connectivity index (χ4n) is 1.45. The van der Waals surface area contributed by atoms with Crippen molar-refractivity contribution in [2.45, 2.75) is 13.0 Å². The topological polar surface area (TPSA) is 83.3 Å². The quantitative estimate of drug-likeness (QED) is 0.772. The molecule has 0 aliphatic heterocycles. The van der Waals surface area contributed by atoms with Gasteiger partial charge in [0.25, 0.3) is 10.1 Å². The summed E-state index contributed by atoms with van der Waals surface area (Å²) in [5, 5.41) is 3.94. The van der Waals surface area contributed by atoms with Crippen LogP contribution in [-0.2, 0) is 20.9 Å². The maximum absolute atomic E-state index is 12.0. The molecule has 0 spiro atoms. The van der Waals surface area contributed by atoms with E-state index in [1.807, 2.05) is 0 Å². The highest BCUT2D eigenvalue weighted by atomic mass is 32.2. The van der Waals surface area contributed by atoms with Crippen LogP contribution in [0.2, 0.25) is 0 Å². The van der Waals surface area contributed by atoms with Crippen molar-refractivity contribution in [3.05, 3.63) is 36.4 Å². The first kappa shape index (κ1) is 16.2. The summed E-state index contributed by atoms with van der Waals surface area (Å²) in [5.74, 6) is -0.252. The largest absolute Gasteiger partial charge is 0.573 e. The van der Waals surface area contributed by atoms with Crippen molar-refractivity contribution in [2.24, 2.45) is 0 Å². The number of nitrogens with zero attached hydrogens (tertiary/aromatic N) is 3. The van der Waals surface area contributed by atoms with Gasteiger partial charge >= 0.3 is 6.36 Å². The average Bonchev–Trinajstić information content (AvgIpc) is 2.83. The molecule has 1 heterocycles. The number of hydrogen-bond acceptors (Lipinski definition) is 6. The minimum Gasteiger partial charge on any atom is -0.406 e. The Bertz CT molecular complexity index is 741. The summed E-state index contributed by atoms with van der Waals surface area (Å²) in [4.78, 5) is 3.83. The molecule has 2 rings (SSSR count). The molecule has 0 unspecified atom stereocenters. The molecule has 0 aliphatic carbocycles. The molecule has 0 N–H and O–H groups in total. The lowest BCUT2D eigenvalue weighted by Crippen LogP contribution is -2.17. The van der Waals surface area contributed by atoms with Crippen molar-refractivity contribution in [1.82, 2.24) is 14.8 Å². The average molecular weight is 337 g/mol. The van der Waals surface area contributed by atoms with E-state index >= 15 is 0 Å². The molecule has 0 amide bonds. The summed E-state index contributed by atoms with van der Waals surface area (Å²) in [6.07, 6.45) is -2.59. The predicted molar refractivity (Wildman–Crippen MR) is 67.7 cm³/mol. The predicted octanol–water partition coefficient (Wildman–Crippen LogP) is 1.64. The number of alkyl halides is 3. The summed E-state index contributed by atoms with van der Waals surface area (Å²) >= 11 is 0. The van der Waals surface area contributed by atoms with E-state index in [9.17, 15) is 21.6 Å². The van der Waals surface area contributed by atoms with E-state index in [4.69, 9.17) is 0 Å². The van der Waals surface area contributed by atoms with Crippen LogP contribution in [0.15, 0.2) is 30.6 Å². The summed E-state index contributed by atoms with van der Waals surface area (Å²) in [5.41, 5.74) is 0.424. The molecule has 0 saturated heterocycles. The van der Waals surface area contributed by atoms with Crippen molar-refractivity contribution < 1.29 is 30.5 Å². The third-order valence-electron chi connectivity index (χ3n) is 2.28. The van der Waals surface area contributed by atoms with Crippen LogP contribution >= 0.6 is 0 Å². The van der Waals surface area contributed by atoms with Crippen LogP contribution in [0.5, 0.6) is 5.75 Å². The molecule has 0 atom stereocenters. The maximum Gasteiger partial charge on any atom is 0.573 e. The first-order valence-corrected chi connectivity index (χ1v) is 7.55. The maximum atomic E-state index is 12.0. The molecule has 22 heavy (non-hydrogen) atoms. The van der Waals surface area contributed by atoms with Crippen LogP contribution in [0.4, 0.5) is 13.2 Å². The van der Waals surface area contributed by atoms with Gasteiger partial charge in [-0.25, -0.2) is 9.67 Å². The number of hydrogen-bond donors (Lipinski definition) is 0. The summed E-state index contributed by atoms with van der Waals surface area (Å²) < 4.78 is 67.3. The molecule has 1 aromatic carbocycles. The minimum atomic E-state index is -4.76. The summed E-state index contributed by atoms with van der Waals surface area (Å²) in [6.45, 7) is -0.332. The highest BCUT2D eigenvalue weighted by Gasteiger charge is 2.30. The highest BCUT2D eigenvalue weighted by molar-refractivity contribution is 7.85. The zero-order valence-electron chi connectivity index (χ0n) is 11.1. The fraction of sp³-hybridized carbons (Fsp3) is 0.273. The molecule has 7 nitrogen and oxygen atoms in total. The van der Waals surface area contributed by atoms with Gasteiger partial charge in [-0.05, 0) is 24.3 Å². The number of ether oxygens (including phenoxy) is 1. The second-order valence-corrected chi connectivity index (χ2v) is 5.76. The van der Waals surface area contributed by atoms with Gasteiger partial charge in [-0.1, -0.05) is 0 Å². The van der Waals surface area contributed by atoms with Crippen LogP contribution in [0.25, 0.3) is 5.69 Å². The summed E-state index contributed by atoms with van der Waals surface area (Å²) in [7, 11) is -3.61. The molecule has 0 radical (unpaired) electrons. The Morgan fingerprint density at radius 3 is 2.41 bits per heavy atom. The Balaban J connectivity index is 2.08. The monoisotopic (exact) mass is 337 g/mol. The molecule has 0 aliphatic rings. The van der Waals surface area contributed by atoms with Gasteiger partial charge in [-0.2, -0.15) is 8.42 Å². The van der Waals surface area contributed by atoms with Crippen LogP contribution in [0.1, 0.15) is 5.82 Å². The molecule has 0 bridgehead atoms. The van der Waals surface area contributed by atoms with E-state index in [0.717, 1.165) is 18.4 Å². The third-order valence-corrected chi connectivity index (χ3v) is 2.82. The lowest BCUT2D eigenvalue weighted by Gasteiger charge is -2.09. The molecule has 2 aromatic rings. The van der Waals surface area contributed by atoms with Gasteiger partial charge < -0.3 is 4.74 Å². The van der Waals surface area contributed by atoms with Gasteiger partial charge in [-0.3, -0.25) is 4.18 Å². The molecule has 11 heteroatoms. The molecule has 0 fully saturated rings. The Morgan fingerprint density at radius 1 is 1.23 bits per heavy atom. The standard InChI is InChI=1S/C11H10F3N3O4S/c1-22(18,19)20-6-10-15-7-17(16-10)8-2-4-9(5-3-8)21-11(12,13)14/h2-5,7H,6H2,1H3. The smallest absolute Gasteiger partial charge is 0.406 e. The Labute approximate surface area is 123 Å². The zero-order valence-corrected chi connectivity index (χ0v) is 11.9. The Kier molecular flexibility index (Phi) is 4.37. The number of halogens is 3. The molecule has 1 aromatic heterocycles. The van der Waals surface area contributed by atoms with Crippen molar-refractivity contribution in [2.75, 3.05) is 6.26 Å². The van der Waals surface area contributed by atoms with E-state index in [1.54, 1.807) is 0 Å². The molecular weight excluding hydrogens is 327 g/mol. The van der Waals surface area contributed by atoms with Crippen LogP contribution in [-0.4, -0.2) is 35.8 Å². The van der Waals surface area contributed by atoms with Gasteiger partial charge in [0.05, 0.1) is 11.9 Å². The van der Waals surface area contributed by atoms with Crippen molar-refractivity contribution in [3.8, 4) is 11.4 Å². The molecule has 120 valence electrons. The highest BCUT2D eigenvalue weighted by Crippen LogP contribution is 2.23. The van der Waals surface area contributed by atoms with Gasteiger partial charge in [0.15, 0.2) is 5.82 Å². The lowest BCUT2D eigenvalue weighted by atomic mass is 10.3. The van der Waals surface area contributed by atoms with Crippen LogP contribution in [0.3, 0.4) is 0 Å².